The first-order valence-corrected chi connectivity index (χ1v) is 12.4. The molecule has 2 aromatic carbocycles. The molecule has 184 valence electrons. The Hall–Kier alpha value is -3.31. The molecule has 34 heavy (non-hydrogen) atoms. The highest BCUT2D eigenvalue weighted by Gasteiger charge is 2.21. The molecule has 2 aromatic rings. The summed E-state index contributed by atoms with van der Waals surface area (Å²) in [4.78, 5) is 23.9. The monoisotopic (exact) mass is 510 g/mol. The number of nitrogens with zero attached hydrogens (tertiary/aromatic N) is 2. The van der Waals surface area contributed by atoms with E-state index in [1.54, 1.807) is 24.3 Å². The summed E-state index contributed by atoms with van der Waals surface area (Å²) in [6, 6.07) is 11.1. The van der Waals surface area contributed by atoms with Crippen molar-refractivity contribution >= 4 is 45.3 Å². The third-order valence-electron chi connectivity index (χ3n) is 4.21. The Morgan fingerprint density at radius 1 is 1.15 bits per heavy atom. The van der Waals surface area contributed by atoms with E-state index in [1.165, 1.54) is 31.5 Å². The van der Waals surface area contributed by atoms with Gasteiger partial charge in [0.15, 0.2) is 6.61 Å². The number of benzene rings is 2. The highest BCUT2D eigenvalue weighted by atomic mass is 35.5. The summed E-state index contributed by atoms with van der Waals surface area (Å²) >= 11 is 6.08. The van der Waals surface area contributed by atoms with Gasteiger partial charge in [0, 0.05) is 6.04 Å². The number of sulfonamides is 1. The number of hydrazone groups is 1. The smallest absolute Gasteiger partial charge is 0.260 e. The molecule has 12 heteroatoms. The van der Waals surface area contributed by atoms with E-state index in [0.717, 1.165) is 10.6 Å². The summed E-state index contributed by atoms with van der Waals surface area (Å²) in [7, 11) is -2.33. The molecule has 0 saturated heterocycles. The van der Waals surface area contributed by atoms with Gasteiger partial charge in [-0.15, -0.1) is 0 Å². The number of anilines is 1. The van der Waals surface area contributed by atoms with Gasteiger partial charge in [0.05, 0.1) is 30.3 Å². The molecule has 0 saturated carbocycles. The van der Waals surface area contributed by atoms with Gasteiger partial charge in [-0.05, 0) is 61.9 Å². The largest absolute Gasteiger partial charge is 0.495 e. The molecule has 10 nitrogen and oxygen atoms in total. The van der Waals surface area contributed by atoms with Crippen molar-refractivity contribution in [3.8, 4) is 11.5 Å². The average molecular weight is 511 g/mol. The highest BCUT2D eigenvalue weighted by molar-refractivity contribution is 7.92. The van der Waals surface area contributed by atoms with Gasteiger partial charge in [0.2, 0.25) is 10.0 Å². The number of rotatable bonds is 11. The van der Waals surface area contributed by atoms with Crippen molar-refractivity contribution in [3.05, 3.63) is 53.1 Å². The van der Waals surface area contributed by atoms with Crippen LogP contribution in [0.25, 0.3) is 0 Å². The van der Waals surface area contributed by atoms with Crippen LogP contribution in [0.1, 0.15) is 19.4 Å². The number of ether oxygens (including phenoxy) is 2. The summed E-state index contributed by atoms with van der Waals surface area (Å²) in [5.74, 6) is 0.0123. The van der Waals surface area contributed by atoms with E-state index in [-0.39, 0.29) is 29.3 Å². The SMILES string of the molecule is COc1ccc(N(CC(=O)N/N=C\c2ccc(OCC(=O)NC(C)C)cc2)S(C)(=O)=O)cc1Cl. The molecule has 0 aliphatic rings. The van der Waals surface area contributed by atoms with Crippen LogP contribution in [-0.4, -0.2) is 59.0 Å². The molecular formula is C22H27ClN4O6S. The Bertz CT molecular complexity index is 1140. The summed E-state index contributed by atoms with van der Waals surface area (Å²) in [5, 5.41) is 6.79. The summed E-state index contributed by atoms with van der Waals surface area (Å²) in [6.07, 6.45) is 2.37. The zero-order valence-electron chi connectivity index (χ0n) is 19.2. The average Bonchev–Trinajstić information content (AvgIpc) is 2.75. The molecule has 2 rings (SSSR count). The van der Waals surface area contributed by atoms with Gasteiger partial charge in [-0.1, -0.05) is 11.6 Å². The lowest BCUT2D eigenvalue weighted by atomic mass is 10.2. The van der Waals surface area contributed by atoms with Crippen LogP contribution in [0.5, 0.6) is 11.5 Å². The summed E-state index contributed by atoms with van der Waals surface area (Å²) in [5.41, 5.74) is 3.16. The predicted molar refractivity (Wildman–Crippen MR) is 131 cm³/mol. The molecule has 0 spiro atoms. The Labute approximate surface area is 203 Å². The fourth-order valence-electron chi connectivity index (χ4n) is 2.72. The van der Waals surface area contributed by atoms with Crippen LogP contribution in [0.15, 0.2) is 47.6 Å². The predicted octanol–water partition coefficient (Wildman–Crippen LogP) is 2.17. The summed E-state index contributed by atoms with van der Waals surface area (Å²) < 4.78 is 35.8. The van der Waals surface area contributed by atoms with Gasteiger partial charge in [0.25, 0.3) is 11.8 Å². The molecule has 0 fully saturated rings. The Morgan fingerprint density at radius 3 is 2.38 bits per heavy atom. The third-order valence-corrected chi connectivity index (χ3v) is 5.65. The molecule has 0 bridgehead atoms. The van der Waals surface area contributed by atoms with Gasteiger partial charge < -0.3 is 14.8 Å². The van der Waals surface area contributed by atoms with Crippen LogP contribution < -0.4 is 24.5 Å². The zero-order valence-corrected chi connectivity index (χ0v) is 20.8. The number of carbonyl (C=O) groups is 2. The van der Waals surface area contributed by atoms with Crippen molar-refractivity contribution in [2.45, 2.75) is 19.9 Å². The standard InChI is InChI=1S/C22H27ClN4O6S/c1-15(2)25-22(29)14-33-18-8-5-16(6-9-18)12-24-26-21(28)13-27(34(4,30)31)17-7-10-20(32-3)19(23)11-17/h5-12,15H,13-14H2,1-4H3,(H,25,29)(H,26,28)/b24-12-. The number of amides is 2. The van der Waals surface area contributed by atoms with Gasteiger partial charge in [0.1, 0.15) is 18.0 Å². The second kappa shape index (κ2) is 12.2. The Kier molecular flexibility index (Phi) is 9.69. The minimum Gasteiger partial charge on any atom is -0.495 e. The van der Waals surface area contributed by atoms with Crippen molar-refractivity contribution < 1.29 is 27.5 Å². The van der Waals surface area contributed by atoms with Crippen LogP contribution in [0.3, 0.4) is 0 Å². The molecule has 0 aliphatic heterocycles. The minimum absolute atomic E-state index is 0.0309. The number of carbonyl (C=O) groups excluding carboxylic acids is 2. The number of hydrogen-bond donors (Lipinski definition) is 2. The van der Waals surface area contributed by atoms with Crippen LogP contribution in [0, 0.1) is 0 Å². The number of halogens is 1. The second-order valence-corrected chi connectivity index (χ2v) is 9.78. The molecule has 0 aliphatic carbocycles. The molecule has 2 N–H and O–H groups in total. The maximum absolute atomic E-state index is 12.3. The normalized spacial score (nSPS) is 11.4. The van der Waals surface area contributed by atoms with Crippen LogP contribution in [0.2, 0.25) is 5.02 Å². The fourth-order valence-corrected chi connectivity index (χ4v) is 3.82. The first kappa shape index (κ1) is 26.9. The van der Waals surface area contributed by atoms with Gasteiger partial charge in [-0.25, -0.2) is 13.8 Å². The van der Waals surface area contributed by atoms with Crippen molar-refractivity contribution in [2.24, 2.45) is 5.10 Å². The Balaban J connectivity index is 1.95. The molecule has 0 unspecified atom stereocenters. The van der Waals surface area contributed by atoms with Crippen molar-refractivity contribution in [1.82, 2.24) is 10.7 Å². The summed E-state index contributed by atoms with van der Waals surface area (Å²) in [6.45, 7) is 3.12. The molecule has 0 atom stereocenters. The van der Waals surface area contributed by atoms with Crippen LogP contribution in [-0.2, 0) is 19.6 Å². The van der Waals surface area contributed by atoms with E-state index in [9.17, 15) is 18.0 Å². The maximum atomic E-state index is 12.3. The topological polar surface area (TPSA) is 126 Å². The lowest BCUT2D eigenvalue weighted by Gasteiger charge is -2.21. The lowest BCUT2D eigenvalue weighted by Crippen LogP contribution is -2.39. The van der Waals surface area contributed by atoms with E-state index < -0.39 is 22.5 Å². The van der Waals surface area contributed by atoms with Gasteiger partial charge in [-0.2, -0.15) is 5.10 Å². The molecule has 0 aromatic heterocycles. The van der Waals surface area contributed by atoms with E-state index in [1.807, 2.05) is 13.8 Å². The number of nitrogens with one attached hydrogen (secondary N) is 2. The van der Waals surface area contributed by atoms with E-state index in [2.05, 4.69) is 15.8 Å². The minimum atomic E-state index is -3.77. The van der Waals surface area contributed by atoms with Gasteiger partial charge in [-0.3, -0.25) is 13.9 Å². The molecule has 0 radical (unpaired) electrons. The zero-order chi connectivity index (χ0) is 25.3. The first-order valence-electron chi connectivity index (χ1n) is 10.1. The molecular weight excluding hydrogens is 484 g/mol. The van der Waals surface area contributed by atoms with E-state index in [0.29, 0.717) is 17.1 Å². The van der Waals surface area contributed by atoms with Gasteiger partial charge >= 0.3 is 0 Å². The maximum Gasteiger partial charge on any atom is 0.260 e. The third kappa shape index (κ3) is 8.56. The van der Waals surface area contributed by atoms with Crippen molar-refractivity contribution in [1.29, 1.82) is 0 Å². The fraction of sp³-hybridized carbons (Fsp3) is 0.318. The molecule has 0 heterocycles. The molecule has 2 amide bonds. The second-order valence-electron chi connectivity index (χ2n) is 7.46. The quantitative estimate of drug-likeness (QED) is 0.352. The number of methoxy groups -OCH3 is 1. The van der Waals surface area contributed by atoms with E-state index in [4.69, 9.17) is 21.1 Å². The number of hydrogen-bond acceptors (Lipinski definition) is 7. The van der Waals surface area contributed by atoms with Crippen molar-refractivity contribution in [3.63, 3.8) is 0 Å². The Morgan fingerprint density at radius 2 is 1.82 bits per heavy atom. The first-order chi connectivity index (χ1) is 16.0. The van der Waals surface area contributed by atoms with Crippen LogP contribution >= 0.6 is 11.6 Å². The van der Waals surface area contributed by atoms with E-state index >= 15 is 0 Å². The lowest BCUT2D eigenvalue weighted by molar-refractivity contribution is -0.123. The van der Waals surface area contributed by atoms with Crippen LogP contribution in [0.4, 0.5) is 5.69 Å². The van der Waals surface area contributed by atoms with Crippen molar-refractivity contribution in [2.75, 3.05) is 30.8 Å². The highest BCUT2D eigenvalue weighted by Crippen LogP contribution is 2.30.